The lowest BCUT2D eigenvalue weighted by Gasteiger charge is -2.45. The molecule has 2 aliphatic heterocycles. The number of hydrogen-bond donors (Lipinski definition) is 0. The first-order chi connectivity index (χ1) is 12.2. The molecule has 2 aromatic rings. The molecule has 4 heteroatoms. The van der Waals surface area contributed by atoms with Gasteiger partial charge in [-0.15, -0.1) is 0 Å². The molecule has 2 aromatic carbocycles. The summed E-state index contributed by atoms with van der Waals surface area (Å²) in [6, 6.07) is 13.6. The minimum Gasteiger partial charge on any atom is -0.470 e. The maximum Gasteiger partial charge on any atom is 0.175 e. The molecule has 1 aliphatic carbocycles. The van der Waals surface area contributed by atoms with E-state index in [2.05, 4.69) is 73.2 Å². The second-order valence-corrected chi connectivity index (χ2v) is 9.32. The number of ether oxygens (including phenoxy) is 1. The average molecular weight is 463 g/mol. The third-order valence-corrected chi connectivity index (χ3v) is 6.96. The predicted molar refractivity (Wildman–Crippen MR) is 108 cm³/mol. The zero-order chi connectivity index (χ0) is 17.0. The maximum absolute atomic E-state index is 6.64. The van der Waals surface area contributed by atoms with Crippen LogP contribution in [0.5, 0.6) is 5.75 Å². The monoisotopic (exact) mass is 461 g/mol. The summed E-state index contributed by atoms with van der Waals surface area (Å²) in [5.74, 6) is 1.69. The van der Waals surface area contributed by atoms with Gasteiger partial charge in [0.1, 0.15) is 5.75 Å². The maximum atomic E-state index is 6.64. The van der Waals surface area contributed by atoms with Crippen molar-refractivity contribution >= 4 is 37.5 Å². The van der Waals surface area contributed by atoms with E-state index in [1.807, 2.05) is 0 Å². The van der Waals surface area contributed by atoms with Gasteiger partial charge in [-0.3, -0.25) is 0 Å². The van der Waals surface area contributed by atoms with Crippen LogP contribution >= 0.6 is 31.9 Å². The van der Waals surface area contributed by atoms with E-state index in [4.69, 9.17) is 4.74 Å². The van der Waals surface area contributed by atoms with Crippen molar-refractivity contribution in [1.29, 1.82) is 0 Å². The van der Waals surface area contributed by atoms with Crippen LogP contribution in [-0.4, -0.2) is 6.23 Å². The Morgan fingerprint density at radius 1 is 0.920 bits per heavy atom. The Kier molecular flexibility index (Phi) is 4.09. The first-order valence-electron chi connectivity index (χ1n) is 9.23. The molecule has 3 aliphatic rings. The van der Waals surface area contributed by atoms with Crippen LogP contribution in [-0.2, 0) is 6.42 Å². The van der Waals surface area contributed by atoms with E-state index in [9.17, 15) is 0 Å². The van der Waals surface area contributed by atoms with E-state index in [-0.39, 0.29) is 6.23 Å². The summed E-state index contributed by atoms with van der Waals surface area (Å²) < 4.78 is 8.90. The number of nitrogens with zero attached hydrogens (tertiary/aromatic N) is 1. The smallest absolute Gasteiger partial charge is 0.175 e. The van der Waals surface area contributed by atoms with E-state index < -0.39 is 0 Å². The van der Waals surface area contributed by atoms with E-state index in [0.29, 0.717) is 12.0 Å². The van der Waals surface area contributed by atoms with Crippen molar-refractivity contribution in [3.8, 4) is 5.75 Å². The van der Waals surface area contributed by atoms with Gasteiger partial charge >= 0.3 is 0 Å². The van der Waals surface area contributed by atoms with Crippen LogP contribution < -0.4 is 9.64 Å². The summed E-state index contributed by atoms with van der Waals surface area (Å²) in [6.45, 7) is 0. The Hall–Kier alpha value is -1.00. The Labute approximate surface area is 165 Å². The van der Waals surface area contributed by atoms with Crippen LogP contribution in [0.15, 0.2) is 45.3 Å². The van der Waals surface area contributed by atoms with E-state index in [0.717, 1.165) is 21.1 Å². The molecule has 0 amide bonds. The first kappa shape index (κ1) is 16.2. The molecule has 5 rings (SSSR count). The Morgan fingerprint density at radius 2 is 1.68 bits per heavy atom. The molecular formula is C21H21Br2NO. The third kappa shape index (κ3) is 2.73. The lowest BCUT2D eigenvalue weighted by Crippen LogP contribution is -2.49. The van der Waals surface area contributed by atoms with Gasteiger partial charge in [-0.1, -0.05) is 57.2 Å². The Balaban J connectivity index is 1.62. The van der Waals surface area contributed by atoms with E-state index in [1.165, 1.54) is 48.9 Å². The number of halogens is 2. The molecule has 0 saturated heterocycles. The highest BCUT2D eigenvalue weighted by atomic mass is 79.9. The number of fused-ring (bicyclic) bond motifs is 5. The molecule has 0 bridgehead atoms. The summed E-state index contributed by atoms with van der Waals surface area (Å²) in [6.07, 6.45) is 7.83. The second-order valence-electron chi connectivity index (χ2n) is 7.49. The molecule has 0 spiro atoms. The highest BCUT2D eigenvalue weighted by molar-refractivity contribution is 9.10. The SMILES string of the molecule is Brc1ccc2c(c1)CC1c3ccc(Br)cc3OC(C3CCCCC3)N21. The Bertz CT molecular complexity index is 816. The number of benzene rings is 2. The molecule has 0 N–H and O–H groups in total. The van der Waals surface area contributed by atoms with Crippen LogP contribution in [0.2, 0.25) is 0 Å². The van der Waals surface area contributed by atoms with Crippen LogP contribution in [0, 0.1) is 5.92 Å². The molecule has 2 heterocycles. The van der Waals surface area contributed by atoms with Gasteiger partial charge in [0, 0.05) is 26.1 Å². The van der Waals surface area contributed by atoms with Crippen LogP contribution in [0.3, 0.4) is 0 Å². The average Bonchev–Trinajstić information content (AvgIpc) is 3.00. The van der Waals surface area contributed by atoms with Gasteiger partial charge in [0.05, 0.1) is 6.04 Å². The zero-order valence-electron chi connectivity index (χ0n) is 14.1. The van der Waals surface area contributed by atoms with Gasteiger partial charge in [-0.2, -0.15) is 0 Å². The van der Waals surface area contributed by atoms with Gasteiger partial charge in [-0.05, 0) is 55.2 Å². The van der Waals surface area contributed by atoms with Crippen molar-refractivity contribution in [2.24, 2.45) is 5.92 Å². The van der Waals surface area contributed by atoms with Gasteiger partial charge in [0.2, 0.25) is 0 Å². The largest absolute Gasteiger partial charge is 0.470 e. The van der Waals surface area contributed by atoms with Crippen molar-refractivity contribution in [2.75, 3.05) is 4.90 Å². The van der Waals surface area contributed by atoms with Crippen molar-refractivity contribution < 1.29 is 4.74 Å². The van der Waals surface area contributed by atoms with E-state index >= 15 is 0 Å². The topological polar surface area (TPSA) is 12.5 Å². The highest BCUT2D eigenvalue weighted by Crippen LogP contribution is 2.51. The molecule has 2 nitrogen and oxygen atoms in total. The molecule has 1 fully saturated rings. The minimum atomic E-state index is 0.162. The molecule has 0 aromatic heterocycles. The van der Waals surface area contributed by atoms with Crippen LogP contribution in [0.1, 0.15) is 49.3 Å². The number of anilines is 1. The van der Waals surface area contributed by atoms with Crippen molar-refractivity contribution in [1.82, 2.24) is 0 Å². The number of rotatable bonds is 1. The first-order valence-corrected chi connectivity index (χ1v) is 10.8. The molecule has 2 atom stereocenters. The minimum absolute atomic E-state index is 0.162. The van der Waals surface area contributed by atoms with Gasteiger partial charge in [-0.25, -0.2) is 0 Å². The quantitative estimate of drug-likeness (QED) is 0.472. The molecular weight excluding hydrogens is 442 g/mol. The lowest BCUT2D eigenvalue weighted by atomic mass is 9.86. The summed E-state index contributed by atoms with van der Waals surface area (Å²) >= 11 is 7.26. The van der Waals surface area contributed by atoms with Crippen molar-refractivity contribution in [2.45, 2.75) is 50.8 Å². The van der Waals surface area contributed by atoms with Crippen LogP contribution in [0.4, 0.5) is 5.69 Å². The fourth-order valence-corrected chi connectivity index (χ4v) is 5.58. The standard InChI is InChI=1S/C21H21Br2NO/c22-15-7-9-18-14(10-15)11-19-17-8-6-16(23)12-20(17)25-21(24(18)19)13-4-2-1-3-5-13/h6-10,12-13,19,21H,1-5,11H2. The predicted octanol–water partition coefficient (Wildman–Crippen LogP) is 6.61. The van der Waals surface area contributed by atoms with Crippen molar-refractivity contribution in [3.05, 3.63) is 56.5 Å². The normalized spacial score (nSPS) is 25.1. The fraction of sp³-hybridized carbons (Fsp3) is 0.429. The molecule has 2 unspecified atom stereocenters. The lowest BCUT2D eigenvalue weighted by molar-refractivity contribution is 0.0830. The fourth-order valence-electron chi connectivity index (χ4n) is 4.83. The molecule has 130 valence electrons. The second kappa shape index (κ2) is 6.31. The number of hydrogen-bond acceptors (Lipinski definition) is 2. The Morgan fingerprint density at radius 3 is 2.52 bits per heavy atom. The molecule has 25 heavy (non-hydrogen) atoms. The summed E-state index contributed by atoms with van der Waals surface area (Å²) in [7, 11) is 0. The summed E-state index contributed by atoms with van der Waals surface area (Å²) in [5, 5.41) is 0. The van der Waals surface area contributed by atoms with Crippen molar-refractivity contribution in [3.63, 3.8) is 0 Å². The summed E-state index contributed by atoms with van der Waals surface area (Å²) in [4.78, 5) is 2.58. The van der Waals surface area contributed by atoms with Crippen LogP contribution in [0.25, 0.3) is 0 Å². The van der Waals surface area contributed by atoms with Gasteiger partial charge < -0.3 is 9.64 Å². The summed E-state index contributed by atoms with van der Waals surface area (Å²) in [5.41, 5.74) is 4.11. The highest BCUT2D eigenvalue weighted by Gasteiger charge is 2.44. The third-order valence-electron chi connectivity index (χ3n) is 5.98. The molecule has 1 saturated carbocycles. The van der Waals surface area contributed by atoms with E-state index in [1.54, 1.807) is 0 Å². The van der Waals surface area contributed by atoms with Gasteiger partial charge in [0.25, 0.3) is 0 Å². The molecule has 0 radical (unpaired) electrons. The zero-order valence-corrected chi connectivity index (χ0v) is 17.2. The van der Waals surface area contributed by atoms with Gasteiger partial charge in [0.15, 0.2) is 6.23 Å².